The molecule has 0 heterocycles. The van der Waals surface area contributed by atoms with E-state index >= 15 is 0 Å². The van der Waals surface area contributed by atoms with E-state index in [2.05, 4.69) is 24.4 Å². The van der Waals surface area contributed by atoms with Crippen molar-refractivity contribution in [2.75, 3.05) is 0 Å². The Bertz CT molecular complexity index is 1320. The molecule has 4 aliphatic carbocycles. The molecule has 198 valence electrons. The zero-order chi connectivity index (χ0) is 26.7. The van der Waals surface area contributed by atoms with E-state index in [1.807, 2.05) is 62.4 Å². The van der Waals surface area contributed by atoms with Gasteiger partial charge in [-0.05, 0) is 110 Å². The molecule has 0 saturated heterocycles. The van der Waals surface area contributed by atoms with Crippen LogP contribution in [-0.2, 0) is 10.3 Å². The van der Waals surface area contributed by atoms with Crippen molar-refractivity contribution in [3.63, 3.8) is 0 Å². The number of aliphatic hydroxyl groups excluding tert-OH is 1. The lowest BCUT2D eigenvalue weighted by Gasteiger charge is -2.52. The maximum absolute atomic E-state index is 13.2. The molecule has 0 radical (unpaired) electrons. The lowest BCUT2D eigenvalue weighted by molar-refractivity contribution is -0.114. The average Bonchev–Trinajstić information content (AvgIpc) is 3.22. The second-order valence-electron chi connectivity index (χ2n) is 12.7. The zero-order valence-electron chi connectivity index (χ0n) is 22.8. The van der Waals surface area contributed by atoms with Crippen molar-refractivity contribution < 1.29 is 14.7 Å². The number of fused-ring (bicyclic) bond motifs is 4. The quantitative estimate of drug-likeness (QED) is 0.487. The van der Waals surface area contributed by atoms with E-state index < -0.39 is 5.54 Å². The van der Waals surface area contributed by atoms with Gasteiger partial charge >= 0.3 is 0 Å². The van der Waals surface area contributed by atoms with E-state index in [1.54, 1.807) is 0 Å². The summed E-state index contributed by atoms with van der Waals surface area (Å²) in [4.78, 5) is 25.4. The van der Waals surface area contributed by atoms with Crippen LogP contribution in [0.5, 0.6) is 0 Å². The van der Waals surface area contributed by atoms with Crippen molar-refractivity contribution in [1.82, 2.24) is 5.32 Å². The van der Waals surface area contributed by atoms with E-state index in [0.717, 1.165) is 44.1 Å². The van der Waals surface area contributed by atoms with Crippen molar-refractivity contribution >= 4 is 11.7 Å². The monoisotopic (exact) mass is 509 g/mol. The Balaban J connectivity index is 1.33. The maximum Gasteiger partial charge on any atom is 0.251 e. The van der Waals surface area contributed by atoms with Crippen LogP contribution in [-0.4, -0.2) is 22.9 Å². The molecular weight excluding hydrogens is 470 g/mol. The lowest BCUT2D eigenvalue weighted by atomic mass is 9.53. The summed E-state index contributed by atoms with van der Waals surface area (Å²) >= 11 is 0. The van der Waals surface area contributed by atoms with Gasteiger partial charge in [-0.1, -0.05) is 55.0 Å². The standard InChI is InChI=1S/C34H39NO3/c1-33(2,24-7-5-4-6-8-24)35-32(38)22-11-9-21(10-12-22)28-20-34(3)29(17-18-30(34)37)27-15-13-23-19-25(36)14-16-26(23)31(27)28/h4-12,19,27-30,37H,13-18,20H2,1-3H3,(H,35,38). The molecule has 2 N–H and O–H groups in total. The topological polar surface area (TPSA) is 66.4 Å². The summed E-state index contributed by atoms with van der Waals surface area (Å²) in [6.45, 7) is 6.35. The molecule has 0 aliphatic heterocycles. The van der Waals surface area contributed by atoms with Gasteiger partial charge in [-0.15, -0.1) is 0 Å². The number of amides is 1. The zero-order valence-corrected chi connectivity index (χ0v) is 22.8. The molecule has 4 aliphatic rings. The number of carbonyl (C=O) groups is 2. The molecule has 6 rings (SSSR count). The Morgan fingerprint density at radius 1 is 0.974 bits per heavy atom. The van der Waals surface area contributed by atoms with Crippen LogP contribution in [0.25, 0.3) is 0 Å². The van der Waals surface area contributed by atoms with Gasteiger partial charge in [0.05, 0.1) is 11.6 Å². The number of hydrogen-bond acceptors (Lipinski definition) is 3. The van der Waals surface area contributed by atoms with Crippen molar-refractivity contribution in [1.29, 1.82) is 0 Å². The molecule has 5 atom stereocenters. The minimum Gasteiger partial charge on any atom is -0.393 e. The molecule has 0 bridgehead atoms. The van der Waals surface area contributed by atoms with Gasteiger partial charge in [0.1, 0.15) is 0 Å². The van der Waals surface area contributed by atoms with Crippen molar-refractivity contribution in [2.45, 2.75) is 83.3 Å². The normalized spacial score (nSPS) is 30.7. The summed E-state index contributed by atoms with van der Waals surface area (Å²) in [6.07, 6.45) is 8.00. The van der Waals surface area contributed by atoms with Gasteiger partial charge in [0.2, 0.25) is 0 Å². The largest absolute Gasteiger partial charge is 0.393 e. The van der Waals surface area contributed by atoms with Crippen LogP contribution in [0.2, 0.25) is 0 Å². The van der Waals surface area contributed by atoms with E-state index in [1.165, 1.54) is 22.3 Å². The Labute approximate surface area is 226 Å². The summed E-state index contributed by atoms with van der Waals surface area (Å²) in [5.41, 5.74) is 6.55. The molecule has 4 heteroatoms. The van der Waals surface area contributed by atoms with Crippen molar-refractivity contribution in [2.24, 2.45) is 17.3 Å². The lowest BCUT2D eigenvalue weighted by Crippen LogP contribution is -2.45. The Morgan fingerprint density at radius 2 is 1.71 bits per heavy atom. The van der Waals surface area contributed by atoms with Crippen LogP contribution in [0.4, 0.5) is 0 Å². The summed E-state index contributed by atoms with van der Waals surface area (Å²) in [6, 6.07) is 18.2. The van der Waals surface area contributed by atoms with Crippen molar-refractivity contribution in [3.8, 4) is 0 Å². The first-order valence-corrected chi connectivity index (χ1v) is 14.3. The number of allylic oxidation sites excluding steroid dienone is 4. The van der Waals surface area contributed by atoms with Crippen LogP contribution in [0.15, 0.2) is 77.4 Å². The first-order chi connectivity index (χ1) is 18.2. The molecule has 4 nitrogen and oxygen atoms in total. The van der Waals surface area contributed by atoms with Crippen LogP contribution in [0.3, 0.4) is 0 Å². The fraction of sp³-hybridized carbons (Fsp3) is 0.471. The predicted octanol–water partition coefficient (Wildman–Crippen LogP) is 6.61. The van der Waals surface area contributed by atoms with Crippen LogP contribution in [0.1, 0.15) is 93.1 Å². The smallest absolute Gasteiger partial charge is 0.251 e. The predicted molar refractivity (Wildman–Crippen MR) is 150 cm³/mol. The van der Waals surface area contributed by atoms with Gasteiger partial charge in [0.25, 0.3) is 5.91 Å². The number of hydrogen-bond donors (Lipinski definition) is 2. The second-order valence-corrected chi connectivity index (χ2v) is 12.7. The molecule has 0 aromatic heterocycles. The van der Waals surface area contributed by atoms with E-state index in [4.69, 9.17) is 0 Å². The molecule has 38 heavy (non-hydrogen) atoms. The highest BCUT2D eigenvalue weighted by Gasteiger charge is 2.56. The Morgan fingerprint density at radius 3 is 2.45 bits per heavy atom. The SMILES string of the molecule is CC(C)(NC(=O)c1ccc(C2CC3(C)C(O)CCC3C3CCC4=CC(=O)CCC4=C23)cc1)c1ccccc1. The first kappa shape index (κ1) is 25.3. The van der Waals surface area contributed by atoms with Crippen LogP contribution >= 0.6 is 0 Å². The molecule has 0 spiro atoms. The van der Waals surface area contributed by atoms with Gasteiger partial charge in [-0.2, -0.15) is 0 Å². The molecule has 2 fully saturated rings. The maximum atomic E-state index is 13.2. The number of aliphatic hydroxyl groups is 1. The van der Waals surface area contributed by atoms with E-state index in [-0.39, 0.29) is 29.1 Å². The summed E-state index contributed by atoms with van der Waals surface area (Å²) in [5, 5.41) is 14.3. The van der Waals surface area contributed by atoms with Gasteiger partial charge in [-0.3, -0.25) is 9.59 Å². The average molecular weight is 510 g/mol. The molecule has 5 unspecified atom stereocenters. The number of benzene rings is 2. The van der Waals surface area contributed by atoms with E-state index in [9.17, 15) is 14.7 Å². The molecular formula is C34H39NO3. The van der Waals surface area contributed by atoms with Crippen LogP contribution < -0.4 is 5.32 Å². The second kappa shape index (κ2) is 9.34. The molecule has 2 aromatic rings. The molecule has 1 amide bonds. The van der Waals surface area contributed by atoms with Gasteiger partial charge in [0.15, 0.2) is 5.78 Å². The third-order valence-electron chi connectivity index (χ3n) is 10.2. The minimum atomic E-state index is -0.481. The highest BCUT2D eigenvalue weighted by molar-refractivity contribution is 5.95. The molecule has 2 aromatic carbocycles. The Kier molecular flexibility index (Phi) is 6.22. The summed E-state index contributed by atoms with van der Waals surface area (Å²) < 4.78 is 0. The minimum absolute atomic E-state index is 0.0825. The summed E-state index contributed by atoms with van der Waals surface area (Å²) in [5.74, 6) is 1.34. The third kappa shape index (κ3) is 4.18. The Hall–Kier alpha value is -2.98. The van der Waals surface area contributed by atoms with Crippen molar-refractivity contribution in [3.05, 3.63) is 94.1 Å². The fourth-order valence-electron chi connectivity index (χ4n) is 8.08. The number of nitrogens with one attached hydrogen (secondary N) is 1. The van der Waals surface area contributed by atoms with Gasteiger partial charge < -0.3 is 10.4 Å². The van der Waals surface area contributed by atoms with E-state index in [0.29, 0.717) is 23.8 Å². The first-order valence-electron chi connectivity index (χ1n) is 14.3. The molecule has 2 saturated carbocycles. The van der Waals surface area contributed by atoms with Gasteiger partial charge in [-0.25, -0.2) is 0 Å². The third-order valence-corrected chi connectivity index (χ3v) is 10.2. The fourth-order valence-corrected chi connectivity index (χ4v) is 8.08. The van der Waals surface area contributed by atoms with Crippen LogP contribution in [0, 0.1) is 17.3 Å². The summed E-state index contributed by atoms with van der Waals surface area (Å²) in [7, 11) is 0. The number of carbonyl (C=O) groups excluding carboxylic acids is 2. The highest BCUT2D eigenvalue weighted by Crippen LogP contribution is 2.63. The number of rotatable bonds is 4. The van der Waals surface area contributed by atoms with Gasteiger partial charge in [0, 0.05) is 17.9 Å². The number of ketones is 1. The highest BCUT2D eigenvalue weighted by atomic mass is 16.3.